The van der Waals surface area contributed by atoms with Crippen LogP contribution in [0.4, 0.5) is 0 Å². The lowest BCUT2D eigenvalue weighted by Gasteiger charge is -2.19. The topological polar surface area (TPSA) is 38.3 Å². The second-order valence-corrected chi connectivity index (χ2v) is 7.26. The highest BCUT2D eigenvalue weighted by Gasteiger charge is 2.14. The van der Waals surface area contributed by atoms with Crippen LogP contribution in [-0.2, 0) is 10.2 Å². The van der Waals surface area contributed by atoms with Crippen molar-refractivity contribution in [1.29, 1.82) is 0 Å². The van der Waals surface area contributed by atoms with Crippen LogP contribution in [0.25, 0.3) is 0 Å². The van der Waals surface area contributed by atoms with Gasteiger partial charge in [-0.3, -0.25) is 4.79 Å². The summed E-state index contributed by atoms with van der Waals surface area (Å²) in [4.78, 5) is 12.1. The summed E-state index contributed by atoms with van der Waals surface area (Å²) in [6, 6.07) is 16.0. The Morgan fingerprint density at radius 1 is 1.04 bits per heavy atom. The molecule has 0 aromatic heterocycles. The molecule has 0 bridgehead atoms. The Hall–Kier alpha value is -2.29. The molecule has 0 aliphatic heterocycles. The highest BCUT2D eigenvalue weighted by atomic mass is 16.5. The highest BCUT2D eigenvalue weighted by Crippen LogP contribution is 2.24. The molecule has 24 heavy (non-hydrogen) atoms. The predicted molar refractivity (Wildman–Crippen MR) is 98.4 cm³/mol. The fraction of sp³-hybridized carbons (Fsp3) is 0.381. The van der Waals surface area contributed by atoms with Crippen LogP contribution in [0.3, 0.4) is 0 Å². The van der Waals surface area contributed by atoms with Gasteiger partial charge >= 0.3 is 0 Å². The molecule has 0 aliphatic carbocycles. The van der Waals surface area contributed by atoms with Gasteiger partial charge in [0, 0.05) is 0 Å². The van der Waals surface area contributed by atoms with Gasteiger partial charge in [-0.1, -0.05) is 62.7 Å². The zero-order chi connectivity index (χ0) is 17.7. The molecule has 0 unspecified atom stereocenters. The van der Waals surface area contributed by atoms with Crippen LogP contribution in [0.5, 0.6) is 5.75 Å². The van der Waals surface area contributed by atoms with E-state index in [0.717, 1.165) is 5.56 Å². The molecule has 0 heterocycles. The first-order valence-electron chi connectivity index (χ1n) is 8.35. The summed E-state index contributed by atoms with van der Waals surface area (Å²) in [7, 11) is 0. The molecule has 0 saturated carbocycles. The number of ether oxygens (including phenoxy) is 1. The maximum absolute atomic E-state index is 12.1. The highest BCUT2D eigenvalue weighted by molar-refractivity contribution is 5.78. The van der Waals surface area contributed by atoms with E-state index >= 15 is 0 Å². The number of rotatable bonds is 5. The minimum absolute atomic E-state index is 0.0189. The third-order valence-corrected chi connectivity index (χ3v) is 4.05. The Morgan fingerprint density at radius 3 is 2.17 bits per heavy atom. The van der Waals surface area contributed by atoms with E-state index in [1.54, 1.807) is 0 Å². The van der Waals surface area contributed by atoms with Gasteiger partial charge in [0.2, 0.25) is 0 Å². The Balaban J connectivity index is 1.85. The lowest BCUT2D eigenvalue weighted by atomic mass is 9.87. The molecule has 0 aliphatic rings. The van der Waals surface area contributed by atoms with E-state index in [0.29, 0.717) is 5.75 Å². The van der Waals surface area contributed by atoms with Crippen molar-refractivity contribution in [2.45, 2.75) is 46.1 Å². The summed E-state index contributed by atoms with van der Waals surface area (Å²) in [5.41, 5.74) is 3.65. The molecule has 0 radical (unpaired) electrons. The van der Waals surface area contributed by atoms with Gasteiger partial charge in [-0.25, -0.2) is 0 Å². The first-order chi connectivity index (χ1) is 11.3. The van der Waals surface area contributed by atoms with Gasteiger partial charge in [-0.2, -0.15) is 0 Å². The zero-order valence-electron chi connectivity index (χ0n) is 15.2. The normalized spacial score (nSPS) is 12.5. The molecule has 2 aromatic rings. The van der Waals surface area contributed by atoms with Crippen molar-refractivity contribution >= 4 is 5.91 Å². The van der Waals surface area contributed by atoms with Gasteiger partial charge in [-0.15, -0.1) is 0 Å². The molecule has 0 fully saturated rings. The summed E-state index contributed by atoms with van der Waals surface area (Å²) in [5.74, 6) is 0.587. The summed E-state index contributed by atoms with van der Waals surface area (Å²) in [5, 5.41) is 2.96. The smallest absolute Gasteiger partial charge is 0.258 e. The van der Waals surface area contributed by atoms with Gasteiger partial charge in [0.15, 0.2) is 6.61 Å². The van der Waals surface area contributed by atoms with Crippen molar-refractivity contribution < 1.29 is 9.53 Å². The molecule has 1 amide bonds. The Labute approximate surface area is 145 Å². The summed E-state index contributed by atoms with van der Waals surface area (Å²) in [6.07, 6.45) is 0. The van der Waals surface area contributed by atoms with E-state index in [2.05, 4.69) is 26.1 Å². The van der Waals surface area contributed by atoms with Crippen LogP contribution in [-0.4, -0.2) is 12.5 Å². The predicted octanol–water partition coefficient (Wildman–Crippen LogP) is 4.55. The Bertz CT molecular complexity index is 666. The molecule has 1 N–H and O–H groups in total. The lowest BCUT2D eigenvalue weighted by molar-refractivity contribution is -0.123. The van der Waals surface area contributed by atoms with Gasteiger partial charge in [0.05, 0.1) is 6.04 Å². The quantitative estimate of drug-likeness (QED) is 0.876. The maximum Gasteiger partial charge on any atom is 0.258 e. The monoisotopic (exact) mass is 325 g/mol. The number of benzene rings is 2. The van der Waals surface area contributed by atoms with Crippen molar-refractivity contribution in [1.82, 2.24) is 5.32 Å². The molecule has 2 rings (SSSR count). The average molecular weight is 325 g/mol. The molecular weight excluding hydrogens is 298 g/mol. The lowest BCUT2D eigenvalue weighted by Crippen LogP contribution is -2.31. The number of hydrogen-bond donors (Lipinski definition) is 1. The van der Waals surface area contributed by atoms with Gasteiger partial charge in [0.1, 0.15) is 5.75 Å². The summed E-state index contributed by atoms with van der Waals surface area (Å²) >= 11 is 0. The number of carbonyl (C=O) groups is 1. The average Bonchev–Trinajstić information content (AvgIpc) is 2.53. The number of hydrogen-bond acceptors (Lipinski definition) is 2. The van der Waals surface area contributed by atoms with Crippen LogP contribution in [0.1, 0.15) is 50.4 Å². The molecule has 1 atom stereocenters. The van der Waals surface area contributed by atoms with E-state index in [4.69, 9.17) is 4.74 Å². The van der Waals surface area contributed by atoms with Crippen molar-refractivity contribution in [3.05, 3.63) is 65.2 Å². The number of aryl methyl sites for hydroxylation is 1. The summed E-state index contributed by atoms with van der Waals surface area (Å²) < 4.78 is 5.58. The molecule has 0 saturated heterocycles. The number of carbonyl (C=O) groups excluding carboxylic acids is 1. The third-order valence-electron chi connectivity index (χ3n) is 4.05. The van der Waals surface area contributed by atoms with Crippen molar-refractivity contribution in [3.8, 4) is 5.75 Å². The van der Waals surface area contributed by atoms with E-state index < -0.39 is 0 Å². The molecule has 3 nitrogen and oxygen atoms in total. The third kappa shape index (κ3) is 5.12. The first kappa shape index (κ1) is 18.1. The van der Waals surface area contributed by atoms with Crippen molar-refractivity contribution in [2.75, 3.05) is 6.61 Å². The van der Waals surface area contributed by atoms with E-state index in [1.807, 2.05) is 62.4 Å². The zero-order valence-corrected chi connectivity index (χ0v) is 15.2. The molecule has 128 valence electrons. The molecule has 3 heteroatoms. The summed E-state index contributed by atoms with van der Waals surface area (Å²) in [6.45, 7) is 10.5. The second kappa shape index (κ2) is 7.52. The largest absolute Gasteiger partial charge is 0.484 e. The van der Waals surface area contributed by atoms with Crippen molar-refractivity contribution in [2.24, 2.45) is 0 Å². The van der Waals surface area contributed by atoms with Crippen LogP contribution < -0.4 is 10.1 Å². The van der Waals surface area contributed by atoms with E-state index in [1.165, 1.54) is 11.1 Å². The van der Waals surface area contributed by atoms with E-state index in [9.17, 15) is 4.79 Å². The van der Waals surface area contributed by atoms with Crippen LogP contribution >= 0.6 is 0 Å². The van der Waals surface area contributed by atoms with Crippen LogP contribution in [0.2, 0.25) is 0 Å². The standard InChI is InChI=1S/C21H27NO2/c1-15-6-8-17(9-7-15)16(2)22-20(23)14-24-19-12-10-18(11-13-19)21(3,4)5/h6-13,16H,14H2,1-5H3,(H,22,23)/t16-/m0/s1. The maximum atomic E-state index is 12.1. The number of nitrogens with one attached hydrogen (secondary N) is 1. The van der Waals surface area contributed by atoms with Crippen molar-refractivity contribution in [3.63, 3.8) is 0 Å². The Morgan fingerprint density at radius 2 is 1.62 bits per heavy atom. The van der Waals surface area contributed by atoms with Gasteiger partial charge < -0.3 is 10.1 Å². The van der Waals surface area contributed by atoms with Gasteiger partial charge in [0.25, 0.3) is 5.91 Å². The van der Waals surface area contributed by atoms with Crippen LogP contribution in [0.15, 0.2) is 48.5 Å². The van der Waals surface area contributed by atoms with Crippen LogP contribution in [0, 0.1) is 6.92 Å². The molecule has 2 aromatic carbocycles. The van der Waals surface area contributed by atoms with Gasteiger partial charge in [-0.05, 0) is 42.5 Å². The Kier molecular flexibility index (Phi) is 5.66. The fourth-order valence-corrected chi connectivity index (χ4v) is 2.42. The molecular formula is C21H27NO2. The number of amides is 1. The second-order valence-electron chi connectivity index (χ2n) is 7.26. The minimum atomic E-state index is -0.122. The fourth-order valence-electron chi connectivity index (χ4n) is 2.42. The SMILES string of the molecule is Cc1ccc([C@H](C)NC(=O)COc2ccc(C(C)(C)C)cc2)cc1. The minimum Gasteiger partial charge on any atom is -0.484 e. The molecule has 0 spiro atoms. The first-order valence-corrected chi connectivity index (χ1v) is 8.35. The van der Waals surface area contributed by atoms with E-state index in [-0.39, 0.29) is 24.0 Å².